The third kappa shape index (κ3) is 3.23. The molecule has 0 aliphatic rings. The van der Waals surface area contributed by atoms with Gasteiger partial charge in [-0.1, -0.05) is 31.2 Å². The topological polar surface area (TPSA) is 29.5 Å². The Morgan fingerprint density at radius 3 is 2.61 bits per heavy atom. The minimum absolute atomic E-state index is 0.250. The Bertz CT molecular complexity index is 519. The number of rotatable bonds is 5. The molecule has 0 spiro atoms. The van der Waals surface area contributed by atoms with Gasteiger partial charge in [-0.3, -0.25) is 0 Å². The maximum atomic E-state index is 9.42. The van der Waals surface area contributed by atoms with Crippen LogP contribution in [0.3, 0.4) is 0 Å². The highest BCUT2D eigenvalue weighted by Crippen LogP contribution is 2.21. The summed E-state index contributed by atoms with van der Waals surface area (Å²) in [6.45, 7) is 5.05. The first-order valence-corrected chi connectivity index (χ1v) is 6.52. The van der Waals surface area contributed by atoms with Crippen LogP contribution in [-0.2, 0) is 11.2 Å². The van der Waals surface area contributed by atoms with Crippen LogP contribution < -0.4 is 0 Å². The van der Waals surface area contributed by atoms with Gasteiger partial charge in [0.1, 0.15) is 5.75 Å². The zero-order chi connectivity index (χ0) is 13.0. The summed E-state index contributed by atoms with van der Waals surface area (Å²) < 4.78 is 5.69. The fourth-order valence-corrected chi connectivity index (χ4v) is 2.12. The number of phenols is 1. The van der Waals surface area contributed by atoms with E-state index in [2.05, 4.69) is 32.0 Å². The molecule has 96 valence electrons. The van der Waals surface area contributed by atoms with Crippen molar-refractivity contribution in [2.75, 3.05) is 6.61 Å². The van der Waals surface area contributed by atoms with Crippen molar-refractivity contribution in [3.63, 3.8) is 0 Å². The van der Waals surface area contributed by atoms with Crippen LogP contribution in [0.2, 0.25) is 0 Å². The van der Waals surface area contributed by atoms with Crippen molar-refractivity contribution in [1.82, 2.24) is 0 Å². The minimum atomic E-state index is 0.250. The van der Waals surface area contributed by atoms with Crippen LogP contribution in [0.5, 0.6) is 5.75 Å². The van der Waals surface area contributed by atoms with Crippen LogP contribution in [0, 0.1) is 0 Å². The lowest BCUT2D eigenvalue weighted by atomic mass is 10.0. The average Bonchev–Trinajstić information content (AvgIpc) is 2.36. The van der Waals surface area contributed by atoms with Crippen LogP contribution in [0.15, 0.2) is 36.4 Å². The van der Waals surface area contributed by atoms with Crippen molar-refractivity contribution in [2.45, 2.75) is 32.8 Å². The second kappa shape index (κ2) is 5.87. The molecule has 0 amide bonds. The van der Waals surface area contributed by atoms with Gasteiger partial charge in [0.05, 0.1) is 6.10 Å². The smallest absolute Gasteiger partial charge is 0.116 e. The van der Waals surface area contributed by atoms with Crippen molar-refractivity contribution in [3.8, 4) is 5.75 Å². The van der Waals surface area contributed by atoms with E-state index in [9.17, 15) is 5.11 Å². The predicted octanol–water partition coefficient (Wildman–Crippen LogP) is 3.90. The standard InChI is InChI=1S/C16H20O2/c1-3-8-18-12(2)9-13-4-5-15-11-16(17)7-6-14(15)10-13/h4-7,10-12,17H,3,8-9H2,1-2H3. The van der Waals surface area contributed by atoms with E-state index in [0.29, 0.717) is 5.75 Å². The summed E-state index contributed by atoms with van der Waals surface area (Å²) >= 11 is 0. The second-order valence-corrected chi connectivity index (χ2v) is 4.75. The van der Waals surface area contributed by atoms with Gasteiger partial charge in [0.2, 0.25) is 0 Å². The first kappa shape index (κ1) is 12.9. The molecule has 0 saturated carbocycles. The van der Waals surface area contributed by atoms with E-state index in [4.69, 9.17) is 4.74 Å². The highest BCUT2D eigenvalue weighted by atomic mass is 16.5. The monoisotopic (exact) mass is 244 g/mol. The molecule has 1 unspecified atom stereocenters. The Hall–Kier alpha value is -1.54. The highest BCUT2D eigenvalue weighted by molar-refractivity contribution is 5.84. The van der Waals surface area contributed by atoms with Gasteiger partial charge in [0, 0.05) is 6.61 Å². The Balaban J connectivity index is 2.12. The van der Waals surface area contributed by atoms with Crippen molar-refractivity contribution < 1.29 is 9.84 Å². The molecule has 0 saturated heterocycles. The van der Waals surface area contributed by atoms with Crippen LogP contribution in [0.1, 0.15) is 25.8 Å². The van der Waals surface area contributed by atoms with Gasteiger partial charge < -0.3 is 9.84 Å². The van der Waals surface area contributed by atoms with Gasteiger partial charge >= 0.3 is 0 Å². The zero-order valence-electron chi connectivity index (χ0n) is 11.0. The lowest BCUT2D eigenvalue weighted by Gasteiger charge is -2.13. The normalized spacial score (nSPS) is 12.8. The SMILES string of the molecule is CCCOC(C)Cc1ccc2cc(O)ccc2c1. The van der Waals surface area contributed by atoms with Crippen molar-refractivity contribution in [1.29, 1.82) is 0 Å². The second-order valence-electron chi connectivity index (χ2n) is 4.75. The summed E-state index contributed by atoms with van der Waals surface area (Å²) in [5.74, 6) is 0.315. The molecule has 0 aromatic heterocycles. The average molecular weight is 244 g/mol. The lowest BCUT2D eigenvalue weighted by Crippen LogP contribution is -2.12. The fourth-order valence-electron chi connectivity index (χ4n) is 2.12. The molecule has 0 aliphatic heterocycles. The summed E-state index contributed by atoms with van der Waals surface area (Å²) in [5.41, 5.74) is 1.27. The van der Waals surface area contributed by atoms with Gasteiger partial charge in [-0.15, -0.1) is 0 Å². The summed E-state index contributed by atoms with van der Waals surface area (Å²) in [4.78, 5) is 0. The van der Waals surface area contributed by atoms with Gasteiger partial charge in [-0.2, -0.15) is 0 Å². The number of aromatic hydroxyl groups is 1. The minimum Gasteiger partial charge on any atom is -0.508 e. The lowest BCUT2D eigenvalue weighted by molar-refractivity contribution is 0.0669. The number of hydrogen-bond donors (Lipinski definition) is 1. The maximum Gasteiger partial charge on any atom is 0.116 e. The molecule has 2 aromatic rings. The van der Waals surface area contributed by atoms with Crippen molar-refractivity contribution in [2.24, 2.45) is 0 Å². The molecular weight excluding hydrogens is 224 g/mol. The van der Waals surface area contributed by atoms with E-state index in [-0.39, 0.29) is 6.10 Å². The highest BCUT2D eigenvalue weighted by Gasteiger charge is 2.04. The first-order valence-electron chi connectivity index (χ1n) is 6.52. The molecule has 18 heavy (non-hydrogen) atoms. The molecule has 0 bridgehead atoms. The Morgan fingerprint density at radius 1 is 1.11 bits per heavy atom. The predicted molar refractivity (Wildman–Crippen MR) is 75.0 cm³/mol. The molecule has 2 rings (SSSR count). The Morgan fingerprint density at radius 2 is 1.83 bits per heavy atom. The van der Waals surface area contributed by atoms with E-state index in [1.54, 1.807) is 12.1 Å². The van der Waals surface area contributed by atoms with E-state index in [0.717, 1.165) is 30.2 Å². The summed E-state index contributed by atoms with van der Waals surface area (Å²) in [5, 5.41) is 11.7. The molecule has 2 nitrogen and oxygen atoms in total. The summed E-state index contributed by atoms with van der Waals surface area (Å²) in [6, 6.07) is 11.8. The summed E-state index contributed by atoms with van der Waals surface area (Å²) in [7, 11) is 0. The largest absolute Gasteiger partial charge is 0.508 e. The third-order valence-corrected chi connectivity index (χ3v) is 3.02. The number of fused-ring (bicyclic) bond motifs is 1. The molecule has 1 N–H and O–H groups in total. The third-order valence-electron chi connectivity index (χ3n) is 3.02. The summed E-state index contributed by atoms with van der Waals surface area (Å²) in [6.07, 6.45) is 2.23. The Labute approximate surface area is 108 Å². The van der Waals surface area contributed by atoms with E-state index < -0.39 is 0 Å². The number of hydrogen-bond acceptors (Lipinski definition) is 2. The molecule has 0 radical (unpaired) electrons. The molecule has 0 aliphatic carbocycles. The maximum absolute atomic E-state index is 9.42. The molecule has 0 fully saturated rings. The molecule has 0 heterocycles. The van der Waals surface area contributed by atoms with Gasteiger partial charge in [-0.25, -0.2) is 0 Å². The number of benzene rings is 2. The first-order chi connectivity index (χ1) is 8.69. The fraction of sp³-hybridized carbons (Fsp3) is 0.375. The van der Waals surface area contributed by atoms with Gasteiger partial charge in [0.25, 0.3) is 0 Å². The van der Waals surface area contributed by atoms with Crippen LogP contribution in [0.4, 0.5) is 0 Å². The van der Waals surface area contributed by atoms with Crippen molar-refractivity contribution >= 4 is 10.8 Å². The van der Waals surface area contributed by atoms with E-state index in [1.165, 1.54) is 5.56 Å². The van der Waals surface area contributed by atoms with Gasteiger partial charge in [0.15, 0.2) is 0 Å². The van der Waals surface area contributed by atoms with Crippen molar-refractivity contribution in [3.05, 3.63) is 42.0 Å². The quantitative estimate of drug-likeness (QED) is 0.864. The van der Waals surface area contributed by atoms with Gasteiger partial charge in [-0.05, 0) is 48.2 Å². The Kier molecular flexibility index (Phi) is 4.21. The zero-order valence-corrected chi connectivity index (χ0v) is 11.0. The number of ether oxygens (including phenoxy) is 1. The van der Waals surface area contributed by atoms with Crippen LogP contribution >= 0.6 is 0 Å². The van der Waals surface area contributed by atoms with E-state index in [1.807, 2.05) is 6.07 Å². The van der Waals surface area contributed by atoms with E-state index >= 15 is 0 Å². The van der Waals surface area contributed by atoms with Crippen LogP contribution in [0.25, 0.3) is 10.8 Å². The molecule has 2 aromatic carbocycles. The molecule has 2 heteroatoms. The molecular formula is C16H20O2. The molecule has 1 atom stereocenters. The van der Waals surface area contributed by atoms with Crippen LogP contribution in [-0.4, -0.2) is 17.8 Å². The number of phenolic OH excluding ortho intramolecular Hbond substituents is 1.